The lowest BCUT2D eigenvalue weighted by atomic mass is 9.89. The van der Waals surface area contributed by atoms with Crippen LogP contribution in [0, 0.1) is 5.41 Å². The van der Waals surface area contributed by atoms with Crippen molar-refractivity contribution in [3.05, 3.63) is 23.8 Å². The summed E-state index contributed by atoms with van der Waals surface area (Å²) >= 11 is 0. The maximum atomic E-state index is 5.39. The van der Waals surface area contributed by atoms with Crippen LogP contribution in [0.25, 0.3) is 0 Å². The van der Waals surface area contributed by atoms with Crippen molar-refractivity contribution in [2.24, 2.45) is 5.41 Å². The zero-order valence-corrected chi connectivity index (χ0v) is 15.0. The molecule has 0 amide bonds. The van der Waals surface area contributed by atoms with Gasteiger partial charge in [-0.1, -0.05) is 19.9 Å². The van der Waals surface area contributed by atoms with Crippen LogP contribution in [0.2, 0.25) is 0 Å². The number of ether oxygens (including phenoxy) is 2. The maximum absolute atomic E-state index is 5.39. The molecule has 4 nitrogen and oxygen atoms in total. The molecule has 1 atom stereocenters. The second kappa shape index (κ2) is 8.61. The molecular weight excluding hydrogens is 300 g/mol. The Morgan fingerprint density at radius 2 is 1.95 bits per heavy atom. The van der Waals surface area contributed by atoms with Gasteiger partial charge in [0.15, 0.2) is 11.5 Å². The van der Waals surface area contributed by atoms with Gasteiger partial charge < -0.3 is 14.8 Å². The highest BCUT2D eigenvalue weighted by atomic mass is 35.5. The molecule has 0 aliphatic carbocycles. The van der Waals surface area contributed by atoms with E-state index in [4.69, 9.17) is 9.47 Å². The van der Waals surface area contributed by atoms with Gasteiger partial charge in [0.05, 0.1) is 14.2 Å². The number of hydrogen-bond acceptors (Lipinski definition) is 4. The summed E-state index contributed by atoms with van der Waals surface area (Å²) in [5.41, 5.74) is 1.66. The van der Waals surface area contributed by atoms with Gasteiger partial charge in [-0.15, -0.1) is 12.4 Å². The van der Waals surface area contributed by atoms with Crippen LogP contribution < -0.4 is 14.8 Å². The van der Waals surface area contributed by atoms with Crippen LogP contribution in [0.15, 0.2) is 18.2 Å². The Morgan fingerprint density at radius 3 is 2.50 bits per heavy atom. The molecule has 1 unspecified atom stereocenters. The smallest absolute Gasteiger partial charge is 0.161 e. The molecule has 1 fully saturated rings. The van der Waals surface area contributed by atoms with E-state index in [1.165, 1.54) is 12.0 Å². The van der Waals surface area contributed by atoms with E-state index in [0.29, 0.717) is 5.41 Å². The minimum Gasteiger partial charge on any atom is -0.493 e. The first-order valence-electron chi connectivity index (χ1n) is 7.74. The molecule has 1 heterocycles. The molecule has 1 aliphatic rings. The fraction of sp³-hybridized carbons (Fsp3) is 0.647. The summed E-state index contributed by atoms with van der Waals surface area (Å²) in [4.78, 5) is 2.51. The average Bonchev–Trinajstić information content (AvgIpc) is 2.92. The van der Waals surface area contributed by atoms with E-state index in [9.17, 15) is 0 Å². The molecule has 22 heavy (non-hydrogen) atoms. The summed E-state index contributed by atoms with van der Waals surface area (Å²) in [5.74, 6) is 1.59. The number of nitrogens with zero attached hydrogens (tertiary/aromatic N) is 1. The van der Waals surface area contributed by atoms with Gasteiger partial charge in [0.2, 0.25) is 0 Å². The van der Waals surface area contributed by atoms with Crippen LogP contribution in [0.1, 0.15) is 25.8 Å². The first kappa shape index (κ1) is 19.1. The largest absolute Gasteiger partial charge is 0.493 e. The summed E-state index contributed by atoms with van der Waals surface area (Å²) < 4.78 is 10.7. The minimum atomic E-state index is 0. The molecule has 0 spiro atoms. The number of methoxy groups -OCH3 is 2. The van der Waals surface area contributed by atoms with E-state index >= 15 is 0 Å². The molecule has 126 valence electrons. The van der Waals surface area contributed by atoms with Gasteiger partial charge in [0, 0.05) is 19.6 Å². The van der Waals surface area contributed by atoms with Gasteiger partial charge in [-0.3, -0.25) is 4.90 Å². The van der Waals surface area contributed by atoms with E-state index in [-0.39, 0.29) is 12.4 Å². The molecule has 1 N–H and O–H groups in total. The molecule has 5 heteroatoms. The zero-order valence-electron chi connectivity index (χ0n) is 14.1. The highest BCUT2D eigenvalue weighted by Gasteiger charge is 2.30. The first-order valence-corrected chi connectivity index (χ1v) is 7.74. The lowest BCUT2D eigenvalue weighted by molar-refractivity contribution is 0.178. The minimum absolute atomic E-state index is 0. The molecule has 0 radical (unpaired) electrons. The van der Waals surface area contributed by atoms with Gasteiger partial charge in [-0.05, 0) is 42.6 Å². The monoisotopic (exact) mass is 328 g/mol. The van der Waals surface area contributed by atoms with Gasteiger partial charge >= 0.3 is 0 Å². The topological polar surface area (TPSA) is 33.7 Å². The van der Waals surface area contributed by atoms with Gasteiger partial charge in [-0.2, -0.15) is 0 Å². The quantitative estimate of drug-likeness (QED) is 0.834. The third-order valence-corrected chi connectivity index (χ3v) is 4.36. The van der Waals surface area contributed by atoms with Gasteiger partial charge in [-0.25, -0.2) is 0 Å². The lowest BCUT2D eigenvalue weighted by Crippen LogP contribution is -2.37. The standard InChI is InChI=1S/C17H28N2O2.ClH/c1-5-19(13-17(2)8-9-18-12-17)11-14-6-7-15(20-3)16(10-14)21-4;/h6-7,10,18H,5,8-9,11-13H2,1-4H3;1H. The molecule has 1 aromatic carbocycles. The first-order chi connectivity index (χ1) is 10.1. The Morgan fingerprint density at radius 1 is 1.23 bits per heavy atom. The van der Waals surface area contributed by atoms with E-state index < -0.39 is 0 Å². The van der Waals surface area contributed by atoms with Crippen molar-refractivity contribution >= 4 is 12.4 Å². The number of rotatable bonds is 7. The second-order valence-electron chi connectivity index (χ2n) is 6.23. The Hall–Kier alpha value is -0.970. The summed E-state index contributed by atoms with van der Waals surface area (Å²) in [6.45, 7) is 10.0. The molecule has 1 saturated heterocycles. The van der Waals surface area contributed by atoms with Gasteiger partial charge in [0.25, 0.3) is 0 Å². The van der Waals surface area contributed by atoms with Crippen molar-refractivity contribution in [1.29, 1.82) is 0 Å². The number of halogens is 1. The fourth-order valence-electron chi connectivity index (χ4n) is 3.06. The zero-order chi connectivity index (χ0) is 15.3. The van der Waals surface area contributed by atoms with Crippen molar-refractivity contribution in [2.45, 2.75) is 26.8 Å². The number of hydrogen-bond donors (Lipinski definition) is 1. The fourth-order valence-corrected chi connectivity index (χ4v) is 3.06. The molecule has 1 aliphatic heterocycles. The highest BCUT2D eigenvalue weighted by Crippen LogP contribution is 2.29. The van der Waals surface area contributed by atoms with E-state index in [0.717, 1.165) is 44.2 Å². The summed E-state index contributed by atoms with van der Waals surface area (Å²) in [6.07, 6.45) is 1.26. The van der Waals surface area contributed by atoms with Crippen LogP contribution in [0.4, 0.5) is 0 Å². The number of benzene rings is 1. The van der Waals surface area contributed by atoms with Crippen molar-refractivity contribution in [3.8, 4) is 11.5 Å². The average molecular weight is 329 g/mol. The van der Waals surface area contributed by atoms with E-state index in [2.05, 4.69) is 36.2 Å². The predicted octanol–water partition coefficient (Wildman–Crippen LogP) is 2.95. The Kier molecular flexibility index (Phi) is 7.46. The van der Waals surface area contributed by atoms with Crippen LogP contribution >= 0.6 is 12.4 Å². The predicted molar refractivity (Wildman–Crippen MR) is 93.3 cm³/mol. The third-order valence-electron chi connectivity index (χ3n) is 4.36. The number of nitrogens with one attached hydrogen (secondary N) is 1. The van der Waals surface area contributed by atoms with Crippen molar-refractivity contribution in [3.63, 3.8) is 0 Å². The van der Waals surface area contributed by atoms with Crippen LogP contribution in [-0.2, 0) is 6.54 Å². The van der Waals surface area contributed by atoms with Crippen LogP contribution in [0.5, 0.6) is 11.5 Å². The van der Waals surface area contributed by atoms with Crippen LogP contribution in [0.3, 0.4) is 0 Å². The highest BCUT2D eigenvalue weighted by molar-refractivity contribution is 5.85. The Balaban J connectivity index is 0.00000242. The van der Waals surface area contributed by atoms with Crippen molar-refractivity contribution < 1.29 is 9.47 Å². The summed E-state index contributed by atoms with van der Waals surface area (Å²) in [5, 5.41) is 3.48. The molecule has 1 aromatic rings. The molecule has 2 rings (SSSR count). The normalized spacial score (nSPS) is 20.8. The second-order valence-corrected chi connectivity index (χ2v) is 6.23. The molecular formula is C17H29ClN2O2. The van der Waals surface area contributed by atoms with Crippen molar-refractivity contribution in [1.82, 2.24) is 10.2 Å². The Bertz CT molecular complexity index is 462. The molecule has 0 bridgehead atoms. The SMILES string of the molecule is CCN(Cc1ccc(OC)c(OC)c1)CC1(C)CCNC1.Cl. The molecule has 0 saturated carbocycles. The van der Waals surface area contributed by atoms with Crippen LogP contribution in [-0.4, -0.2) is 45.3 Å². The third kappa shape index (κ3) is 4.77. The van der Waals surface area contributed by atoms with E-state index in [1.54, 1.807) is 14.2 Å². The molecule has 0 aromatic heterocycles. The summed E-state index contributed by atoms with van der Waals surface area (Å²) in [7, 11) is 3.36. The van der Waals surface area contributed by atoms with E-state index in [1.807, 2.05) is 6.07 Å². The Labute approximate surface area is 140 Å². The van der Waals surface area contributed by atoms with Gasteiger partial charge in [0.1, 0.15) is 0 Å². The summed E-state index contributed by atoms with van der Waals surface area (Å²) in [6, 6.07) is 6.19. The lowest BCUT2D eigenvalue weighted by Gasteiger charge is -2.31. The maximum Gasteiger partial charge on any atom is 0.161 e. The van der Waals surface area contributed by atoms with Crippen molar-refractivity contribution in [2.75, 3.05) is 40.4 Å².